The third-order valence-electron chi connectivity index (χ3n) is 1.77. The second-order valence-electron chi connectivity index (χ2n) is 2.17. The summed E-state index contributed by atoms with van der Waals surface area (Å²) in [5, 5.41) is 0. The lowest BCUT2D eigenvalue weighted by atomic mass is 10.1. The second-order valence-corrected chi connectivity index (χ2v) is 2.17. The highest BCUT2D eigenvalue weighted by Crippen LogP contribution is 2.12. The number of nitrogens with zero attached hydrogens (tertiary/aromatic N) is 1. The molecule has 0 aromatic carbocycles. The average molecular weight is 115 g/mol. The van der Waals surface area contributed by atoms with Gasteiger partial charge in [0.1, 0.15) is 0 Å². The van der Waals surface area contributed by atoms with Crippen molar-refractivity contribution in [2.45, 2.75) is 12.5 Å². The minimum Gasteiger partial charge on any atom is -0.329 e. The minimum absolute atomic E-state index is 0.583. The van der Waals surface area contributed by atoms with Crippen LogP contribution in [0.3, 0.4) is 0 Å². The predicted octanol–water partition coefficient (Wildman–Crippen LogP) is -1.06. The first-order valence-electron chi connectivity index (χ1n) is 3.02. The van der Waals surface area contributed by atoms with Gasteiger partial charge >= 0.3 is 0 Å². The molecule has 48 valence electrons. The zero-order valence-corrected chi connectivity index (χ0v) is 5.01. The van der Waals surface area contributed by atoms with Crippen LogP contribution in [0.2, 0.25) is 0 Å². The standard InChI is InChI=1S/C5H13N3/c6-3-5-1-2-8(5)4-7/h5H,1-4,6-7H2. The summed E-state index contributed by atoms with van der Waals surface area (Å²) < 4.78 is 0. The summed E-state index contributed by atoms with van der Waals surface area (Å²) in [6, 6.07) is 0.583. The van der Waals surface area contributed by atoms with Crippen molar-refractivity contribution in [3.8, 4) is 0 Å². The van der Waals surface area contributed by atoms with E-state index in [1.54, 1.807) is 0 Å². The second kappa shape index (κ2) is 2.44. The quantitative estimate of drug-likeness (QED) is 0.482. The van der Waals surface area contributed by atoms with Crippen LogP contribution < -0.4 is 11.5 Å². The van der Waals surface area contributed by atoms with E-state index in [-0.39, 0.29) is 0 Å². The highest BCUT2D eigenvalue weighted by Gasteiger charge is 2.24. The first-order chi connectivity index (χ1) is 3.88. The van der Waals surface area contributed by atoms with Crippen LogP contribution in [0.25, 0.3) is 0 Å². The molecule has 0 saturated carbocycles. The Labute approximate surface area is 49.6 Å². The van der Waals surface area contributed by atoms with E-state index in [0.29, 0.717) is 12.7 Å². The molecule has 0 aromatic rings. The smallest absolute Gasteiger partial charge is 0.0458 e. The summed E-state index contributed by atoms with van der Waals surface area (Å²) in [7, 11) is 0. The third kappa shape index (κ3) is 0.844. The summed E-state index contributed by atoms with van der Waals surface area (Å²) in [5.74, 6) is 0. The largest absolute Gasteiger partial charge is 0.329 e. The van der Waals surface area contributed by atoms with E-state index in [2.05, 4.69) is 4.90 Å². The average Bonchev–Trinajstić information content (AvgIpc) is 1.66. The Hall–Kier alpha value is -0.120. The van der Waals surface area contributed by atoms with Crippen LogP contribution in [0.4, 0.5) is 0 Å². The van der Waals surface area contributed by atoms with E-state index in [0.717, 1.165) is 13.1 Å². The van der Waals surface area contributed by atoms with Gasteiger partial charge in [0, 0.05) is 25.8 Å². The van der Waals surface area contributed by atoms with Crippen molar-refractivity contribution in [1.82, 2.24) is 4.90 Å². The third-order valence-corrected chi connectivity index (χ3v) is 1.77. The molecule has 1 aliphatic heterocycles. The minimum atomic E-state index is 0.583. The Balaban J connectivity index is 2.16. The van der Waals surface area contributed by atoms with E-state index < -0.39 is 0 Å². The first-order valence-corrected chi connectivity index (χ1v) is 3.02. The molecule has 3 nitrogen and oxygen atoms in total. The molecule has 1 aliphatic rings. The van der Waals surface area contributed by atoms with Gasteiger partial charge in [-0.25, -0.2) is 0 Å². The lowest BCUT2D eigenvalue weighted by Crippen LogP contribution is -2.53. The Morgan fingerprint density at radius 3 is 2.38 bits per heavy atom. The van der Waals surface area contributed by atoms with Crippen molar-refractivity contribution in [3.63, 3.8) is 0 Å². The molecular formula is C5H13N3. The van der Waals surface area contributed by atoms with E-state index in [1.807, 2.05) is 0 Å². The van der Waals surface area contributed by atoms with E-state index >= 15 is 0 Å². The number of hydrogen-bond acceptors (Lipinski definition) is 3. The van der Waals surface area contributed by atoms with Crippen molar-refractivity contribution in [2.75, 3.05) is 19.8 Å². The fraction of sp³-hybridized carbons (Fsp3) is 1.00. The molecule has 1 atom stereocenters. The summed E-state index contributed by atoms with van der Waals surface area (Å²) in [6.07, 6.45) is 1.23. The van der Waals surface area contributed by atoms with Gasteiger partial charge in [0.15, 0.2) is 0 Å². The summed E-state index contributed by atoms with van der Waals surface area (Å²) in [6.45, 7) is 2.57. The van der Waals surface area contributed by atoms with E-state index in [4.69, 9.17) is 11.5 Å². The topological polar surface area (TPSA) is 55.3 Å². The van der Waals surface area contributed by atoms with Crippen molar-refractivity contribution >= 4 is 0 Å². The Kier molecular flexibility index (Phi) is 1.83. The maximum atomic E-state index is 5.40. The molecule has 3 heteroatoms. The Morgan fingerprint density at radius 2 is 2.25 bits per heavy atom. The zero-order chi connectivity index (χ0) is 5.98. The van der Waals surface area contributed by atoms with Gasteiger partial charge in [-0.2, -0.15) is 0 Å². The maximum Gasteiger partial charge on any atom is 0.0458 e. The highest BCUT2D eigenvalue weighted by atomic mass is 15.3. The van der Waals surface area contributed by atoms with Gasteiger partial charge in [0.2, 0.25) is 0 Å². The molecular weight excluding hydrogens is 102 g/mol. The fourth-order valence-electron chi connectivity index (χ4n) is 1.00. The normalized spacial score (nSPS) is 30.0. The van der Waals surface area contributed by atoms with Crippen LogP contribution in [0.15, 0.2) is 0 Å². The van der Waals surface area contributed by atoms with Crippen LogP contribution in [-0.2, 0) is 0 Å². The van der Waals surface area contributed by atoms with E-state index in [9.17, 15) is 0 Å². The lowest BCUT2D eigenvalue weighted by Gasteiger charge is -2.38. The fourth-order valence-corrected chi connectivity index (χ4v) is 1.00. The van der Waals surface area contributed by atoms with Gasteiger partial charge in [-0.3, -0.25) is 4.90 Å². The van der Waals surface area contributed by atoms with Crippen molar-refractivity contribution in [2.24, 2.45) is 11.5 Å². The SMILES string of the molecule is NCC1CCN1CN. The van der Waals surface area contributed by atoms with Crippen molar-refractivity contribution < 1.29 is 0 Å². The number of hydrogen-bond donors (Lipinski definition) is 2. The van der Waals surface area contributed by atoms with Gasteiger partial charge in [-0.15, -0.1) is 0 Å². The zero-order valence-electron chi connectivity index (χ0n) is 5.01. The van der Waals surface area contributed by atoms with Gasteiger partial charge in [-0.05, 0) is 6.42 Å². The molecule has 1 saturated heterocycles. The Bertz CT molecular complexity index is 60.1. The van der Waals surface area contributed by atoms with Crippen molar-refractivity contribution in [3.05, 3.63) is 0 Å². The van der Waals surface area contributed by atoms with Crippen LogP contribution >= 0.6 is 0 Å². The van der Waals surface area contributed by atoms with Gasteiger partial charge in [0.25, 0.3) is 0 Å². The van der Waals surface area contributed by atoms with Crippen LogP contribution in [0.5, 0.6) is 0 Å². The van der Waals surface area contributed by atoms with Gasteiger partial charge in [-0.1, -0.05) is 0 Å². The molecule has 1 unspecified atom stereocenters. The predicted molar refractivity (Wildman–Crippen MR) is 33.2 cm³/mol. The molecule has 0 amide bonds. The molecule has 0 aliphatic carbocycles. The molecule has 1 heterocycles. The summed E-state index contributed by atoms with van der Waals surface area (Å²) in [4.78, 5) is 2.18. The monoisotopic (exact) mass is 115 g/mol. The van der Waals surface area contributed by atoms with Gasteiger partial charge < -0.3 is 11.5 Å². The van der Waals surface area contributed by atoms with Crippen LogP contribution in [0.1, 0.15) is 6.42 Å². The molecule has 0 bridgehead atoms. The van der Waals surface area contributed by atoms with Crippen molar-refractivity contribution in [1.29, 1.82) is 0 Å². The highest BCUT2D eigenvalue weighted by molar-refractivity contribution is 4.81. The van der Waals surface area contributed by atoms with Crippen LogP contribution in [0, 0.1) is 0 Å². The van der Waals surface area contributed by atoms with Crippen LogP contribution in [-0.4, -0.2) is 30.7 Å². The first kappa shape index (κ1) is 6.01. The number of nitrogens with two attached hydrogens (primary N) is 2. The summed E-state index contributed by atoms with van der Waals surface area (Å²) >= 11 is 0. The molecule has 0 spiro atoms. The lowest BCUT2D eigenvalue weighted by molar-refractivity contribution is 0.101. The van der Waals surface area contributed by atoms with Gasteiger partial charge in [0.05, 0.1) is 0 Å². The van der Waals surface area contributed by atoms with E-state index in [1.165, 1.54) is 6.42 Å². The molecule has 1 fully saturated rings. The number of likely N-dealkylation sites (tertiary alicyclic amines) is 1. The number of rotatable bonds is 2. The molecule has 0 aromatic heterocycles. The molecule has 1 rings (SSSR count). The molecule has 8 heavy (non-hydrogen) atoms. The molecule has 4 N–H and O–H groups in total. The Morgan fingerprint density at radius 1 is 1.50 bits per heavy atom. The molecule has 0 radical (unpaired) electrons. The summed E-state index contributed by atoms with van der Waals surface area (Å²) in [5.41, 5.74) is 10.8. The maximum absolute atomic E-state index is 5.40.